The van der Waals surface area contributed by atoms with Crippen LogP contribution in [-0.2, 0) is 9.59 Å². The van der Waals surface area contributed by atoms with Crippen molar-refractivity contribution in [3.05, 3.63) is 58.0 Å². The first-order valence-electron chi connectivity index (χ1n) is 10.5. The van der Waals surface area contributed by atoms with Gasteiger partial charge in [-0.3, -0.25) is 9.59 Å². The number of allylic oxidation sites excluding steroid dienone is 1. The molecule has 31 heavy (non-hydrogen) atoms. The summed E-state index contributed by atoms with van der Waals surface area (Å²) in [5, 5.41) is 5.67. The zero-order valence-electron chi connectivity index (χ0n) is 18.2. The molecule has 4 rings (SSSR count). The Kier molecular flexibility index (Phi) is 5.92. The van der Waals surface area contributed by atoms with Crippen LogP contribution in [0.25, 0.3) is 0 Å². The van der Waals surface area contributed by atoms with Gasteiger partial charge in [0.15, 0.2) is 5.17 Å². The standard InChI is InChI=1S/C23H27FN4O2S/c1-13(2)27(4)22(30)20-14(3)25-23-28(21(20)15-5-7-16(24)8-6-15)18(12-31-23)11-19(29)26-17-9-10-17/h5-8,12-13,17,21H,9-11H2,1-4H3,(H,26,29). The van der Waals surface area contributed by atoms with E-state index in [4.69, 9.17) is 4.99 Å². The molecule has 0 aromatic heterocycles. The molecule has 1 aromatic rings. The fraction of sp³-hybridized carbons (Fsp3) is 0.435. The van der Waals surface area contributed by atoms with Gasteiger partial charge in [-0.1, -0.05) is 23.9 Å². The number of thioether (sulfide) groups is 1. The molecule has 0 spiro atoms. The number of benzene rings is 1. The zero-order valence-corrected chi connectivity index (χ0v) is 19.0. The molecule has 1 unspecified atom stereocenters. The molecule has 1 N–H and O–H groups in total. The smallest absolute Gasteiger partial charge is 0.254 e. The molecule has 1 saturated carbocycles. The van der Waals surface area contributed by atoms with E-state index in [0.717, 1.165) is 29.3 Å². The number of aliphatic imine (C=N–C) groups is 1. The number of amidine groups is 1. The van der Waals surface area contributed by atoms with Crippen molar-refractivity contribution in [1.29, 1.82) is 0 Å². The summed E-state index contributed by atoms with van der Waals surface area (Å²) in [6, 6.07) is 6.01. The van der Waals surface area contributed by atoms with E-state index in [9.17, 15) is 14.0 Å². The summed E-state index contributed by atoms with van der Waals surface area (Å²) in [6.07, 6.45) is 2.26. The number of nitrogens with one attached hydrogen (secondary N) is 1. The van der Waals surface area contributed by atoms with Crippen LogP contribution in [0.2, 0.25) is 0 Å². The van der Waals surface area contributed by atoms with Crippen LogP contribution in [0.4, 0.5) is 4.39 Å². The van der Waals surface area contributed by atoms with Crippen LogP contribution in [-0.4, -0.2) is 45.9 Å². The largest absolute Gasteiger partial charge is 0.353 e. The second-order valence-electron chi connectivity index (χ2n) is 8.47. The average molecular weight is 443 g/mol. The average Bonchev–Trinajstić information content (AvgIpc) is 3.45. The van der Waals surface area contributed by atoms with Crippen LogP contribution in [0, 0.1) is 5.82 Å². The van der Waals surface area contributed by atoms with Gasteiger partial charge < -0.3 is 15.1 Å². The third kappa shape index (κ3) is 4.39. The maximum absolute atomic E-state index is 13.7. The van der Waals surface area contributed by atoms with Crippen molar-refractivity contribution in [2.75, 3.05) is 7.05 Å². The summed E-state index contributed by atoms with van der Waals surface area (Å²) in [5.41, 5.74) is 2.76. The van der Waals surface area contributed by atoms with Gasteiger partial charge in [-0.2, -0.15) is 0 Å². The Labute approximate surface area is 186 Å². The number of carbonyl (C=O) groups is 2. The highest BCUT2D eigenvalue weighted by atomic mass is 32.2. The predicted molar refractivity (Wildman–Crippen MR) is 120 cm³/mol. The second-order valence-corrected chi connectivity index (χ2v) is 9.31. The lowest BCUT2D eigenvalue weighted by molar-refractivity contribution is -0.128. The number of hydrogen-bond donors (Lipinski definition) is 1. The molecule has 8 heteroatoms. The molecule has 2 heterocycles. The van der Waals surface area contributed by atoms with E-state index in [2.05, 4.69) is 5.32 Å². The maximum Gasteiger partial charge on any atom is 0.254 e. The number of halogens is 1. The molecule has 0 saturated heterocycles. The summed E-state index contributed by atoms with van der Waals surface area (Å²) in [7, 11) is 1.77. The van der Waals surface area contributed by atoms with Crippen LogP contribution < -0.4 is 5.32 Å². The number of likely N-dealkylation sites (N-methyl/N-ethyl adjacent to an activating group) is 1. The Bertz CT molecular complexity index is 995. The number of rotatable bonds is 6. The first-order valence-corrected chi connectivity index (χ1v) is 11.4. The fourth-order valence-electron chi connectivity index (χ4n) is 3.70. The highest BCUT2D eigenvalue weighted by Gasteiger charge is 2.41. The minimum absolute atomic E-state index is 0.0133. The van der Waals surface area contributed by atoms with Crippen LogP contribution in [0.15, 0.2) is 51.6 Å². The molecular weight excluding hydrogens is 415 g/mol. The molecule has 2 amide bonds. The lowest BCUT2D eigenvalue weighted by Gasteiger charge is -2.38. The lowest BCUT2D eigenvalue weighted by Crippen LogP contribution is -2.42. The monoisotopic (exact) mass is 442 g/mol. The SMILES string of the molecule is CC1=C(C(=O)N(C)C(C)C)C(c2ccc(F)cc2)N2C(CC(=O)NC3CC3)=CSC2=N1. The van der Waals surface area contributed by atoms with Crippen molar-refractivity contribution in [1.82, 2.24) is 15.1 Å². The molecule has 6 nitrogen and oxygen atoms in total. The van der Waals surface area contributed by atoms with Gasteiger partial charge in [0.1, 0.15) is 5.82 Å². The first-order chi connectivity index (χ1) is 14.8. The van der Waals surface area contributed by atoms with E-state index in [0.29, 0.717) is 11.3 Å². The van der Waals surface area contributed by atoms with Crippen LogP contribution >= 0.6 is 11.8 Å². The van der Waals surface area contributed by atoms with E-state index in [1.807, 2.05) is 31.1 Å². The van der Waals surface area contributed by atoms with Crippen molar-refractivity contribution in [2.45, 2.75) is 58.2 Å². The minimum Gasteiger partial charge on any atom is -0.353 e. The van der Waals surface area contributed by atoms with Crippen molar-refractivity contribution in [2.24, 2.45) is 4.99 Å². The molecule has 1 aromatic carbocycles. The van der Waals surface area contributed by atoms with Gasteiger partial charge in [-0.05, 0) is 56.7 Å². The van der Waals surface area contributed by atoms with Gasteiger partial charge >= 0.3 is 0 Å². The van der Waals surface area contributed by atoms with E-state index in [1.165, 1.54) is 23.9 Å². The van der Waals surface area contributed by atoms with Crippen molar-refractivity contribution in [3.63, 3.8) is 0 Å². The highest BCUT2D eigenvalue weighted by Crippen LogP contribution is 2.45. The summed E-state index contributed by atoms with van der Waals surface area (Å²) >= 11 is 1.45. The lowest BCUT2D eigenvalue weighted by atomic mass is 9.92. The third-order valence-corrected chi connectivity index (χ3v) is 6.68. The quantitative estimate of drug-likeness (QED) is 0.725. The molecule has 1 aliphatic carbocycles. The third-order valence-electron chi connectivity index (χ3n) is 5.80. The molecule has 2 aliphatic heterocycles. The number of hydrogen-bond acceptors (Lipinski definition) is 5. The number of amides is 2. The molecule has 0 bridgehead atoms. The van der Waals surface area contributed by atoms with Gasteiger partial charge in [0.25, 0.3) is 5.91 Å². The summed E-state index contributed by atoms with van der Waals surface area (Å²) in [6.45, 7) is 5.75. The van der Waals surface area contributed by atoms with Gasteiger partial charge in [0.05, 0.1) is 23.7 Å². The number of carbonyl (C=O) groups excluding carboxylic acids is 2. The van der Waals surface area contributed by atoms with Crippen molar-refractivity contribution >= 4 is 28.7 Å². The number of nitrogens with zero attached hydrogens (tertiary/aromatic N) is 3. The summed E-state index contributed by atoms with van der Waals surface area (Å²) < 4.78 is 13.7. The summed E-state index contributed by atoms with van der Waals surface area (Å²) in [4.78, 5) is 34.3. The molecular formula is C23H27FN4O2S. The van der Waals surface area contributed by atoms with Crippen molar-refractivity contribution < 1.29 is 14.0 Å². The Morgan fingerprint density at radius 2 is 1.97 bits per heavy atom. The van der Waals surface area contributed by atoms with Crippen LogP contribution in [0.3, 0.4) is 0 Å². The Hall–Kier alpha value is -2.61. The normalized spacial score (nSPS) is 20.5. The Morgan fingerprint density at radius 3 is 2.58 bits per heavy atom. The zero-order chi connectivity index (χ0) is 22.3. The maximum atomic E-state index is 13.7. The van der Waals surface area contributed by atoms with E-state index in [1.54, 1.807) is 24.1 Å². The predicted octanol–water partition coefficient (Wildman–Crippen LogP) is 3.94. The van der Waals surface area contributed by atoms with Crippen molar-refractivity contribution in [3.8, 4) is 0 Å². The molecule has 3 aliphatic rings. The van der Waals surface area contributed by atoms with E-state index < -0.39 is 6.04 Å². The Balaban J connectivity index is 1.73. The molecule has 164 valence electrons. The fourth-order valence-corrected chi connectivity index (χ4v) is 4.66. The minimum atomic E-state index is -0.475. The van der Waals surface area contributed by atoms with Crippen LogP contribution in [0.1, 0.15) is 51.6 Å². The summed E-state index contributed by atoms with van der Waals surface area (Å²) in [5.74, 6) is -0.494. The highest BCUT2D eigenvalue weighted by molar-refractivity contribution is 8.16. The second kappa shape index (κ2) is 8.49. The van der Waals surface area contributed by atoms with Crippen LogP contribution in [0.5, 0.6) is 0 Å². The molecule has 1 atom stereocenters. The number of fused-ring (bicyclic) bond motifs is 1. The topological polar surface area (TPSA) is 65.0 Å². The van der Waals surface area contributed by atoms with Gasteiger partial charge in [0.2, 0.25) is 5.91 Å². The van der Waals surface area contributed by atoms with Gasteiger partial charge in [0, 0.05) is 24.8 Å². The Morgan fingerprint density at radius 1 is 1.29 bits per heavy atom. The van der Waals surface area contributed by atoms with Gasteiger partial charge in [-0.15, -0.1) is 0 Å². The van der Waals surface area contributed by atoms with Gasteiger partial charge in [-0.25, -0.2) is 9.38 Å². The van der Waals surface area contributed by atoms with E-state index >= 15 is 0 Å². The first kappa shape index (κ1) is 21.6. The van der Waals surface area contributed by atoms with E-state index in [-0.39, 0.29) is 36.1 Å². The molecule has 0 radical (unpaired) electrons. The molecule has 1 fully saturated rings.